The molecule has 0 N–H and O–H groups in total. The molecular formula is C11H9NOSe. The normalized spacial score (nSPS) is 10.0. The van der Waals surface area contributed by atoms with E-state index in [4.69, 9.17) is 10.00 Å². The molecule has 0 unspecified atom stereocenters. The van der Waals surface area contributed by atoms with Crippen LogP contribution in [0.4, 0.5) is 0 Å². The number of nitrogens with zero attached hydrogens (tertiary/aromatic N) is 1. The number of fused-ring (bicyclic) bond motifs is 1. The van der Waals surface area contributed by atoms with Crippen LogP contribution in [0.3, 0.4) is 0 Å². The number of ether oxygens (including phenoxy) is 1. The van der Waals surface area contributed by atoms with E-state index in [-0.39, 0.29) is 0 Å². The van der Waals surface area contributed by atoms with Crippen molar-refractivity contribution in [3.8, 4) is 11.8 Å². The van der Waals surface area contributed by atoms with Crippen LogP contribution >= 0.6 is 0 Å². The van der Waals surface area contributed by atoms with Gasteiger partial charge >= 0.3 is 88.2 Å². The summed E-state index contributed by atoms with van der Waals surface area (Å²) in [6, 6.07) is 8.28. The van der Waals surface area contributed by atoms with E-state index in [1.54, 1.807) is 7.11 Å². The van der Waals surface area contributed by atoms with E-state index in [9.17, 15) is 0 Å². The zero-order chi connectivity index (χ0) is 9.97. The predicted molar refractivity (Wildman–Crippen MR) is 56.8 cm³/mol. The molecule has 1 aromatic heterocycles. The number of rotatable bonds is 2. The molecule has 0 radical (unpaired) electrons. The summed E-state index contributed by atoms with van der Waals surface area (Å²) in [5, 5.41) is 9.86. The summed E-state index contributed by atoms with van der Waals surface area (Å²) in [5.41, 5.74) is 1.15. The number of nitriles is 1. The Labute approximate surface area is 88.5 Å². The average Bonchev–Trinajstić information content (AvgIpc) is 2.61. The fourth-order valence-corrected chi connectivity index (χ4v) is 3.39. The molecule has 0 aliphatic carbocycles. The molecule has 70 valence electrons. The van der Waals surface area contributed by atoms with E-state index in [0.717, 1.165) is 11.3 Å². The Morgan fingerprint density at radius 1 is 1.50 bits per heavy atom. The van der Waals surface area contributed by atoms with Crippen molar-refractivity contribution < 1.29 is 4.74 Å². The summed E-state index contributed by atoms with van der Waals surface area (Å²) in [4.78, 5) is 2.18. The molecule has 2 aromatic rings. The first kappa shape index (κ1) is 9.33. The van der Waals surface area contributed by atoms with Crippen molar-refractivity contribution in [2.45, 2.75) is 6.42 Å². The molecule has 0 spiro atoms. The van der Waals surface area contributed by atoms with Gasteiger partial charge in [0.25, 0.3) is 0 Å². The van der Waals surface area contributed by atoms with Gasteiger partial charge in [-0.1, -0.05) is 0 Å². The van der Waals surface area contributed by atoms with Gasteiger partial charge in [0, 0.05) is 0 Å². The molecule has 0 atom stereocenters. The number of hydrogen-bond acceptors (Lipinski definition) is 2. The topological polar surface area (TPSA) is 33.0 Å². The van der Waals surface area contributed by atoms with Gasteiger partial charge in [-0.25, -0.2) is 0 Å². The van der Waals surface area contributed by atoms with Crippen molar-refractivity contribution in [1.29, 1.82) is 5.26 Å². The molecule has 0 amide bonds. The van der Waals surface area contributed by atoms with E-state index < -0.39 is 0 Å². The molecule has 14 heavy (non-hydrogen) atoms. The number of hydrogen-bond donors (Lipinski definition) is 0. The zero-order valence-corrected chi connectivity index (χ0v) is 9.49. The fraction of sp³-hybridized carbons (Fsp3) is 0.182. The van der Waals surface area contributed by atoms with E-state index in [0.29, 0.717) is 20.9 Å². The third kappa shape index (κ3) is 1.55. The maximum atomic E-state index is 8.66. The second-order valence-corrected chi connectivity index (χ2v) is 4.87. The molecule has 3 heteroatoms. The van der Waals surface area contributed by atoms with E-state index >= 15 is 0 Å². The van der Waals surface area contributed by atoms with Crippen LogP contribution in [-0.2, 0) is 6.42 Å². The van der Waals surface area contributed by atoms with Gasteiger partial charge in [0.05, 0.1) is 0 Å². The summed E-state index contributed by atoms with van der Waals surface area (Å²) >= 11 is 0.397. The van der Waals surface area contributed by atoms with Crippen LogP contribution in [0.2, 0.25) is 0 Å². The predicted octanol–water partition coefficient (Wildman–Crippen LogP) is 1.97. The summed E-state index contributed by atoms with van der Waals surface area (Å²) in [5.74, 6) is 0.866. The Kier molecular flexibility index (Phi) is 2.58. The minimum absolute atomic E-state index is 0.397. The zero-order valence-electron chi connectivity index (χ0n) is 7.78. The van der Waals surface area contributed by atoms with Crippen molar-refractivity contribution in [2.24, 2.45) is 0 Å². The van der Waals surface area contributed by atoms with Crippen molar-refractivity contribution in [3.63, 3.8) is 0 Å². The van der Waals surface area contributed by atoms with Gasteiger partial charge in [-0.3, -0.25) is 0 Å². The van der Waals surface area contributed by atoms with Gasteiger partial charge in [0.1, 0.15) is 0 Å². The van der Waals surface area contributed by atoms with Crippen LogP contribution in [0.15, 0.2) is 23.1 Å². The Hall–Kier alpha value is -1.23. The van der Waals surface area contributed by atoms with Crippen LogP contribution < -0.4 is 4.74 Å². The minimum atomic E-state index is 0.397. The molecule has 0 saturated heterocycles. The summed E-state index contributed by atoms with van der Waals surface area (Å²) in [7, 11) is 1.66. The third-order valence-corrected chi connectivity index (χ3v) is 4.25. The van der Waals surface area contributed by atoms with Gasteiger partial charge in [-0.2, -0.15) is 0 Å². The van der Waals surface area contributed by atoms with Gasteiger partial charge in [-0.05, 0) is 0 Å². The molecule has 1 aromatic carbocycles. The van der Waals surface area contributed by atoms with Crippen molar-refractivity contribution in [2.75, 3.05) is 7.11 Å². The molecular weight excluding hydrogens is 241 g/mol. The monoisotopic (exact) mass is 251 g/mol. The quantitative estimate of drug-likeness (QED) is 0.763. The Morgan fingerprint density at radius 2 is 2.36 bits per heavy atom. The van der Waals surface area contributed by atoms with Gasteiger partial charge in [0.2, 0.25) is 0 Å². The summed E-state index contributed by atoms with van der Waals surface area (Å²) in [6.45, 7) is 0. The fourth-order valence-electron chi connectivity index (χ4n) is 1.41. The summed E-state index contributed by atoms with van der Waals surface area (Å²) in [6.07, 6.45) is 0.502. The van der Waals surface area contributed by atoms with Crippen LogP contribution in [0.25, 0.3) is 9.65 Å². The Balaban J connectivity index is 2.59. The molecule has 0 saturated carbocycles. The van der Waals surface area contributed by atoms with Gasteiger partial charge in [-0.15, -0.1) is 0 Å². The van der Waals surface area contributed by atoms with Crippen molar-refractivity contribution in [3.05, 3.63) is 28.7 Å². The molecule has 2 nitrogen and oxygen atoms in total. The van der Waals surface area contributed by atoms with Crippen molar-refractivity contribution >= 4 is 24.1 Å². The standard InChI is InChI=1S/C11H9NOSe/c1-13-9-2-3-11-10(6-9)8(4-5-12)7-14-11/h2-3,6-7H,4H2,1H3. The van der Waals surface area contributed by atoms with E-state index in [2.05, 4.69) is 17.1 Å². The van der Waals surface area contributed by atoms with E-state index in [1.807, 2.05) is 12.1 Å². The molecule has 0 fully saturated rings. The Bertz CT molecular complexity index is 495. The van der Waals surface area contributed by atoms with Crippen molar-refractivity contribution in [1.82, 2.24) is 0 Å². The Morgan fingerprint density at radius 3 is 3.07 bits per heavy atom. The van der Waals surface area contributed by atoms with Crippen LogP contribution in [0, 0.1) is 11.3 Å². The average molecular weight is 250 g/mol. The second kappa shape index (κ2) is 3.87. The maximum absolute atomic E-state index is 8.66. The molecule has 1 heterocycles. The van der Waals surface area contributed by atoms with Crippen LogP contribution in [0.1, 0.15) is 5.56 Å². The summed E-state index contributed by atoms with van der Waals surface area (Å²) < 4.78 is 6.51. The molecule has 0 bridgehead atoms. The first-order chi connectivity index (χ1) is 6.85. The molecule has 0 aliphatic heterocycles. The first-order valence-corrected chi connectivity index (χ1v) is 6.11. The second-order valence-electron chi connectivity index (χ2n) is 2.96. The number of benzene rings is 1. The molecule has 0 aliphatic rings. The molecule has 2 rings (SSSR count). The van der Waals surface area contributed by atoms with E-state index in [1.165, 1.54) is 9.65 Å². The first-order valence-electron chi connectivity index (χ1n) is 4.26. The third-order valence-electron chi connectivity index (χ3n) is 2.13. The van der Waals surface area contributed by atoms with Crippen LogP contribution in [0.5, 0.6) is 5.75 Å². The van der Waals surface area contributed by atoms with Gasteiger partial charge < -0.3 is 0 Å². The number of methoxy groups -OCH3 is 1. The SMILES string of the molecule is COc1ccc2[se]cc(CC#N)c2c1. The van der Waals surface area contributed by atoms with Crippen LogP contribution in [-0.4, -0.2) is 21.6 Å². The van der Waals surface area contributed by atoms with Gasteiger partial charge in [0.15, 0.2) is 0 Å².